The number of rotatable bonds is 6. The molecule has 1 aromatic heterocycles. The van der Waals surface area contributed by atoms with Crippen molar-refractivity contribution >= 4 is 17.0 Å². The van der Waals surface area contributed by atoms with Crippen LogP contribution in [0.25, 0.3) is 17.0 Å². The van der Waals surface area contributed by atoms with Gasteiger partial charge in [0.05, 0.1) is 28.9 Å². The highest BCUT2D eigenvalue weighted by Crippen LogP contribution is 2.66. The third-order valence-corrected chi connectivity index (χ3v) is 14.4. The molecule has 7 aliphatic rings. The van der Waals surface area contributed by atoms with Gasteiger partial charge in [0.25, 0.3) is 0 Å². The summed E-state index contributed by atoms with van der Waals surface area (Å²) in [4.78, 5) is 7.81. The average molecular weight is 803 g/mol. The molecule has 6 aromatic rings. The fourth-order valence-corrected chi connectivity index (χ4v) is 11.8. The van der Waals surface area contributed by atoms with Gasteiger partial charge in [-0.3, -0.25) is 14.9 Å². The average Bonchev–Trinajstić information content (AvgIpc) is 3.66. The van der Waals surface area contributed by atoms with Crippen LogP contribution in [0, 0.1) is 5.92 Å². The Morgan fingerprint density at radius 2 is 1.29 bits per heavy atom. The van der Waals surface area contributed by atoms with Crippen molar-refractivity contribution in [3.05, 3.63) is 261 Å². The van der Waals surface area contributed by atoms with Gasteiger partial charge >= 0.3 is 0 Å². The lowest BCUT2D eigenvalue weighted by molar-refractivity contribution is 0.160. The number of hydrogen-bond acceptors (Lipinski definition) is 6. The standard InChI is InChI=1S/C56H46N6/c1-60-47(36-18-6-2-7-19-36)34-46(59-54(60)38-22-10-4-11-23-38)40-26-14-28-42-50(40)52-44(30-16-32-57-52)56(42)43-29-15-27-41(51(43)53-45(56)31-17-33-58-53)49-35-48(37-20-8-3-9-21-37)61-55(62(49)61)39-24-12-5-13-25-39/h2-25,27-32,34-35,40,47-48,54-55,58-59H,26,33H2,1H3. The molecule has 7 atom stereocenters. The fraction of sp³-hybridized carbons (Fsp3) is 0.161. The van der Waals surface area contributed by atoms with Gasteiger partial charge in [0, 0.05) is 41.2 Å². The molecule has 2 N–H and O–H groups in total. The van der Waals surface area contributed by atoms with E-state index in [1.54, 1.807) is 0 Å². The first-order valence-electron chi connectivity index (χ1n) is 22.1. The number of fused-ring (bicyclic) bond motifs is 9. The molecule has 0 saturated carbocycles. The molecule has 0 amide bonds. The Bertz CT molecular complexity index is 2970. The molecule has 6 nitrogen and oxygen atoms in total. The summed E-state index contributed by atoms with van der Waals surface area (Å²) >= 11 is 0. The van der Waals surface area contributed by atoms with Crippen LogP contribution in [0.2, 0.25) is 0 Å². The Kier molecular flexibility index (Phi) is 7.93. The number of dihydropyridines is 1. The first-order chi connectivity index (χ1) is 30.7. The zero-order valence-corrected chi connectivity index (χ0v) is 34.6. The number of aromatic nitrogens is 1. The maximum Gasteiger partial charge on any atom is 0.141 e. The van der Waals surface area contributed by atoms with Gasteiger partial charge in [-0.05, 0) is 81.8 Å². The zero-order chi connectivity index (χ0) is 40.9. The quantitative estimate of drug-likeness (QED) is 0.164. The van der Waals surface area contributed by atoms with E-state index in [1.165, 1.54) is 78.3 Å². The molecule has 0 bridgehead atoms. The van der Waals surface area contributed by atoms with E-state index >= 15 is 0 Å². The second-order valence-corrected chi connectivity index (χ2v) is 17.5. The highest BCUT2D eigenvalue weighted by molar-refractivity contribution is 5.99. The molecule has 3 aliphatic carbocycles. The molecule has 5 aromatic carbocycles. The molecule has 0 radical (unpaired) electrons. The number of benzene rings is 5. The SMILES string of the molecule is CN1C(c2ccccc2)C=C(C2CC=CC3=C2c2ncccc2C32C3=C(NCC=C3)c3c(C4=CC(c5ccccc5)N5C(c6ccccc6)N45)cccc32)NC1c1ccccc1. The monoisotopic (exact) mass is 802 g/mol. The minimum atomic E-state index is -0.530. The normalized spacial score (nSPS) is 27.5. The molecular formula is C56H46N6. The van der Waals surface area contributed by atoms with Crippen molar-refractivity contribution in [2.24, 2.45) is 5.92 Å². The smallest absolute Gasteiger partial charge is 0.141 e. The largest absolute Gasteiger partial charge is 0.381 e. The summed E-state index contributed by atoms with van der Waals surface area (Å²) in [5.41, 5.74) is 18.6. The first-order valence-corrected chi connectivity index (χ1v) is 22.1. The lowest BCUT2D eigenvalue weighted by Crippen LogP contribution is -2.43. The maximum absolute atomic E-state index is 5.34. The van der Waals surface area contributed by atoms with Crippen molar-refractivity contribution < 1.29 is 0 Å². The molecule has 62 heavy (non-hydrogen) atoms. The highest BCUT2D eigenvalue weighted by atomic mass is 15.9. The van der Waals surface area contributed by atoms with Gasteiger partial charge < -0.3 is 10.6 Å². The minimum Gasteiger partial charge on any atom is -0.381 e. The van der Waals surface area contributed by atoms with Crippen LogP contribution in [0.5, 0.6) is 0 Å². The van der Waals surface area contributed by atoms with Crippen LogP contribution in [-0.2, 0) is 5.41 Å². The van der Waals surface area contributed by atoms with Crippen molar-refractivity contribution in [3.63, 3.8) is 0 Å². The van der Waals surface area contributed by atoms with Gasteiger partial charge in [-0.1, -0.05) is 170 Å². The molecule has 6 heteroatoms. The molecule has 300 valence electrons. The van der Waals surface area contributed by atoms with Crippen molar-refractivity contribution in [1.29, 1.82) is 0 Å². The van der Waals surface area contributed by atoms with Gasteiger partial charge in [0.1, 0.15) is 12.3 Å². The van der Waals surface area contributed by atoms with E-state index in [4.69, 9.17) is 4.98 Å². The van der Waals surface area contributed by atoms with Gasteiger partial charge in [0.2, 0.25) is 0 Å². The van der Waals surface area contributed by atoms with Crippen LogP contribution in [0.15, 0.2) is 211 Å². The number of likely N-dealkylation sites (N-methyl/N-ethyl adjacent to an activating group) is 1. The summed E-state index contributed by atoms with van der Waals surface area (Å²) in [7, 11) is 2.24. The molecule has 5 heterocycles. The second-order valence-electron chi connectivity index (χ2n) is 17.5. The Labute approximate surface area is 363 Å². The van der Waals surface area contributed by atoms with Gasteiger partial charge in [-0.15, -0.1) is 0 Å². The Morgan fingerprint density at radius 3 is 2.03 bits per heavy atom. The molecule has 1 fully saturated rings. The van der Waals surface area contributed by atoms with Gasteiger partial charge in [0.15, 0.2) is 0 Å². The first kappa shape index (κ1) is 35.7. The molecule has 4 aliphatic heterocycles. The van der Waals surface area contributed by atoms with E-state index in [2.05, 4.69) is 221 Å². The summed E-state index contributed by atoms with van der Waals surface area (Å²) in [5, 5.41) is 13.1. The third kappa shape index (κ3) is 5.02. The number of pyridine rings is 1. The highest BCUT2D eigenvalue weighted by Gasteiger charge is 2.59. The number of hydrazine groups is 1. The van der Waals surface area contributed by atoms with Crippen molar-refractivity contribution in [2.75, 3.05) is 13.6 Å². The minimum absolute atomic E-state index is 0.000539. The van der Waals surface area contributed by atoms with E-state index < -0.39 is 5.41 Å². The van der Waals surface area contributed by atoms with E-state index in [9.17, 15) is 0 Å². The van der Waals surface area contributed by atoms with Crippen molar-refractivity contribution in [1.82, 2.24) is 30.5 Å². The van der Waals surface area contributed by atoms with Crippen molar-refractivity contribution in [2.45, 2.75) is 36.3 Å². The maximum atomic E-state index is 5.34. The number of allylic oxidation sites excluding steroid dienone is 6. The van der Waals surface area contributed by atoms with Crippen LogP contribution in [0.4, 0.5) is 0 Å². The number of hydrogen-bond donors (Lipinski definition) is 2. The van der Waals surface area contributed by atoms with Crippen LogP contribution in [0.3, 0.4) is 0 Å². The van der Waals surface area contributed by atoms with Crippen LogP contribution >= 0.6 is 0 Å². The van der Waals surface area contributed by atoms with Crippen molar-refractivity contribution in [3.8, 4) is 0 Å². The van der Waals surface area contributed by atoms with E-state index in [0.717, 1.165) is 18.7 Å². The topological polar surface area (TPSA) is 46.2 Å². The lowest BCUT2D eigenvalue weighted by Gasteiger charge is -2.43. The van der Waals surface area contributed by atoms with Crippen LogP contribution < -0.4 is 10.6 Å². The van der Waals surface area contributed by atoms with E-state index in [1.807, 2.05) is 6.20 Å². The third-order valence-electron chi connectivity index (χ3n) is 14.4. The molecule has 7 unspecified atom stereocenters. The number of nitrogens with zero attached hydrogens (tertiary/aromatic N) is 4. The van der Waals surface area contributed by atoms with Crippen LogP contribution in [-0.4, -0.2) is 33.5 Å². The second kappa shape index (κ2) is 13.8. The Balaban J connectivity index is 0.997. The summed E-state index contributed by atoms with van der Waals surface area (Å²) in [6.45, 7) is 0.785. The summed E-state index contributed by atoms with van der Waals surface area (Å²) in [5.74, 6) is 0.0906. The fourth-order valence-electron chi connectivity index (χ4n) is 11.8. The number of nitrogens with one attached hydrogen (secondary N) is 2. The predicted octanol–water partition coefficient (Wildman–Crippen LogP) is 10.8. The molecule has 1 spiro atoms. The van der Waals surface area contributed by atoms with Gasteiger partial charge in [-0.25, -0.2) is 0 Å². The summed E-state index contributed by atoms with van der Waals surface area (Å²) in [6, 6.07) is 55.6. The van der Waals surface area contributed by atoms with E-state index in [0.29, 0.717) is 0 Å². The molecule has 1 saturated heterocycles. The lowest BCUT2D eigenvalue weighted by atomic mass is 9.67. The van der Waals surface area contributed by atoms with Crippen LogP contribution in [0.1, 0.15) is 81.0 Å². The van der Waals surface area contributed by atoms with E-state index in [-0.39, 0.29) is 30.3 Å². The Hall–Kier alpha value is -6.99. The molecule has 13 rings (SSSR count). The Morgan fingerprint density at radius 1 is 0.629 bits per heavy atom. The summed E-state index contributed by atoms with van der Waals surface area (Å²) in [6.07, 6.45) is 17.6. The predicted molar refractivity (Wildman–Crippen MR) is 247 cm³/mol. The summed E-state index contributed by atoms with van der Waals surface area (Å²) < 4.78 is 0. The molecular weight excluding hydrogens is 757 g/mol. The van der Waals surface area contributed by atoms with Gasteiger partial charge in [-0.2, -0.15) is 5.01 Å². The zero-order valence-electron chi connectivity index (χ0n) is 34.6.